The van der Waals surface area contributed by atoms with Gasteiger partial charge in [0.2, 0.25) is 0 Å². The minimum absolute atomic E-state index is 0.362. The molecule has 0 aliphatic carbocycles. The average Bonchev–Trinajstić information content (AvgIpc) is 1.87. The van der Waals surface area contributed by atoms with Crippen molar-refractivity contribution in [3.8, 4) is 0 Å². The Morgan fingerprint density at radius 3 is 2.40 bits per heavy atom. The molecule has 0 heterocycles. The fourth-order valence-corrected chi connectivity index (χ4v) is 0.283. The van der Waals surface area contributed by atoms with Crippen LogP contribution in [0, 0.1) is 6.61 Å². The van der Waals surface area contributed by atoms with Gasteiger partial charge >= 0.3 is 0 Å². The summed E-state index contributed by atoms with van der Waals surface area (Å²) in [6, 6.07) is 0. The summed E-state index contributed by atoms with van der Waals surface area (Å²) in [6.07, 6.45) is -3.90. The first-order chi connectivity index (χ1) is 4.59. The van der Waals surface area contributed by atoms with Gasteiger partial charge < -0.3 is 30.3 Å². The molecule has 0 rings (SSSR count). The number of carboxylic acids is 1. The summed E-state index contributed by atoms with van der Waals surface area (Å²) in [5, 5.41) is 35.9. The number of aliphatic carboxylic acids is 1. The van der Waals surface area contributed by atoms with E-state index in [1.54, 1.807) is 0 Å². The molecule has 2 atom stereocenters. The van der Waals surface area contributed by atoms with Crippen molar-refractivity contribution in [2.45, 2.75) is 12.2 Å². The van der Waals surface area contributed by atoms with Crippen molar-refractivity contribution in [3.63, 3.8) is 0 Å². The molecule has 0 bridgehead atoms. The Balaban J connectivity index is 3.69. The highest BCUT2D eigenvalue weighted by molar-refractivity contribution is 5.70. The average molecular weight is 150 g/mol. The van der Waals surface area contributed by atoms with E-state index in [2.05, 4.69) is 4.89 Å². The predicted octanol–water partition coefficient (Wildman–Crippen LogP) is -4.01. The fourth-order valence-electron chi connectivity index (χ4n) is 0.283. The number of rotatable bonds is 4. The molecule has 0 fully saturated rings. The second-order valence-corrected chi connectivity index (χ2v) is 1.51. The van der Waals surface area contributed by atoms with Crippen LogP contribution < -0.4 is 10.4 Å². The Bertz CT molecular complexity index is 112. The van der Waals surface area contributed by atoms with E-state index >= 15 is 0 Å². The molecule has 0 aromatic rings. The van der Waals surface area contributed by atoms with Crippen LogP contribution in [0.2, 0.25) is 0 Å². The molecular formula is C4H6O6-2. The molecule has 0 radical (unpaired) electrons. The van der Waals surface area contributed by atoms with Crippen LogP contribution in [0.15, 0.2) is 0 Å². The lowest BCUT2D eigenvalue weighted by Gasteiger charge is -2.23. The maximum Gasteiger partial charge on any atom is 0.0978 e. The van der Waals surface area contributed by atoms with Crippen LogP contribution in [-0.4, -0.2) is 33.3 Å². The minimum atomic E-state index is -2.10. The van der Waals surface area contributed by atoms with Crippen LogP contribution >= 0.6 is 0 Å². The molecule has 0 aliphatic rings. The Morgan fingerprint density at radius 2 is 2.10 bits per heavy atom. The van der Waals surface area contributed by atoms with Gasteiger partial charge in [-0.05, 0) is 6.61 Å². The standard InChI is InChI=1S/C4H7O6/c5-2(1-10-9)3(6)4(7)8/h1-3,5-6,10H,(H,7,8)/q-1/p-1/t2-,3+/m1/s1. The Kier molecular flexibility index (Phi) is 3.89. The van der Waals surface area contributed by atoms with Crippen molar-refractivity contribution in [2.24, 2.45) is 0 Å². The molecule has 0 spiro atoms. The van der Waals surface area contributed by atoms with Gasteiger partial charge in [0.1, 0.15) is 0 Å². The minimum Gasteiger partial charge on any atom is -0.586 e. The molecule has 6 nitrogen and oxygen atoms in total. The van der Waals surface area contributed by atoms with E-state index in [4.69, 9.17) is 10.2 Å². The van der Waals surface area contributed by atoms with Crippen molar-refractivity contribution in [1.82, 2.24) is 0 Å². The number of carboxylic acid groups (broad SMARTS) is 1. The fraction of sp³-hybridized carbons (Fsp3) is 0.500. The van der Waals surface area contributed by atoms with Gasteiger partial charge in [0.05, 0.1) is 12.1 Å². The molecular weight excluding hydrogens is 144 g/mol. The van der Waals surface area contributed by atoms with E-state index in [-0.39, 0.29) is 0 Å². The van der Waals surface area contributed by atoms with Crippen molar-refractivity contribution in [2.75, 3.05) is 0 Å². The molecule has 0 aromatic carbocycles. The van der Waals surface area contributed by atoms with Crippen molar-refractivity contribution in [3.05, 3.63) is 6.61 Å². The zero-order valence-electron chi connectivity index (χ0n) is 4.80. The summed E-state index contributed by atoms with van der Waals surface area (Å²) in [4.78, 5) is 11.8. The number of carbonyl (C=O) groups is 1. The van der Waals surface area contributed by atoms with Gasteiger partial charge in [-0.1, -0.05) is 0 Å². The first-order valence-corrected chi connectivity index (χ1v) is 2.32. The zero-order valence-corrected chi connectivity index (χ0v) is 4.80. The summed E-state index contributed by atoms with van der Waals surface area (Å²) < 4.78 is 0. The van der Waals surface area contributed by atoms with Crippen LogP contribution in [0.3, 0.4) is 0 Å². The number of carbonyl (C=O) groups excluding carboxylic acids is 1. The summed E-state index contributed by atoms with van der Waals surface area (Å²) >= 11 is 0. The van der Waals surface area contributed by atoms with Crippen LogP contribution in [0.4, 0.5) is 0 Å². The maximum atomic E-state index is 9.73. The highest BCUT2D eigenvalue weighted by atomic mass is 17.1. The monoisotopic (exact) mass is 150 g/mol. The molecule has 3 N–H and O–H groups in total. The molecule has 0 aliphatic heterocycles. The molecule has 0 aromatic heterocycles. The molecule has 60 valence electrons. The third kappa shape index (κ3) is 2.74. The summed E-state index contributed by atoms with van der Waals surface area (Å²) in [5.74, 6) is -1.85. The van der Waals surface area contributed by atoms with Gasteiger partial charge in [0.15, 0.2) is 0 Å². The van der Waals surface area contributed by atoms with Crippen LogP contribution in [0.25, 0.3) is 0 Å². The lowest BCUT2D eigenvalue weighted by Crippen LogP contribution is -2.44. The third-order valence-electron chi connectivity index (χ3n) is 0.779. The number of aliphatic hydroxyl groups is 3. The van der Waals surface area contributed by atoms with E-state index in [1.165, 1.54) is 0 Å². The van der Waals surface area contributed by atoms with Crippen LogP contribution in [-0.2, 0) is 4.79 Å². The van der Waals surface area contributed by atoms with E-state index in [1.807, 2.05) is 0 Å². The zero-order chi connectivity index (χ0) is 8.15. The Hall–Kier alpha value is -0.690. The van der Waals surface area contributed by atoms with Gasteiger partial charge in [-0.2, -0.15) is 0 Å². The maximum absolute atomic E-state index is 9.73. The van der Waals surface area contributed by atoms with E-state index in [9.17, 15) is 15.2 Å². The van der Waals surface area contributed by atoms with Gasteiger partial charge in [-0.25, -0.2) is 0 Å². The highest BCUT2D eigenvalue weighted by Crippen LogP contribution is 1.93. The van der Waals surface area contributed by atoms with Crippen LogP contribution in [0.5, 0.6) is 0 Å². The number of hydrogen-bond donors (Lipinski definition) is 2. The predicted molar refractivity (Wildman–Crippen MR) is 23.9 cm³/mol. The summed E-state index contributed by atoms with van der Waals surface area (Å²) in [6.45, 7) is 0.362. The summed E-state index contributed by atoms with van der Waals surface area (Å²) in [7, 11) is 0. The van der Waals surface area contributed by atoms with Crippen molar-refractivity contribution in [1.29, 1.82) is 0 Å². The quantitative estimate of drug-likeness (QED) is 0.183. The smallest absolute Gasteiger partial charge is 0.0978 e. The lowest BCUT2D eigenvalue weighted by molar-refractivity contribution is -0.763. The first-order valence-electron chi connectivity index (χ1n) is 2.32. The van der Waals surface area contributed by atoms with Crippen LogP contribution in [0.1, 0.15) is 0 Å². The lowest BCUT2D eigenvalue weighted by atomic mass is 10.2. The molecule has 0 amide bonds. The molecule has 0 saturated heterocycles. The van der Waals surface area contributed by atoms with E-state index < -0.39 is 18.2 Å². The topological polar surface area (TPSA) is 116 Å². The first kappa shape index (κ1) is 9.31. The second-order valence-electron chi connectivity index (χ2n) is 1.51. The largest absolute Gasteiger partial charge is 0.586 e. The normalized spacial score (nSPS) is 16.3. The van der Waals surface area contributed by atoms with Gasteiger partial charge in [-0.3, -0.25) is 0 Å². The van der Waals surface area contributed by atoms with E-state index in [0.29, 0.717) is 6.61 Å². The van der Waals surface area contributed by atoms with Crippen molar-refractivity contribution >= 4 is 5.97 Å². The molecule has 0 saturated carbocycles. The van der Waals surface area contributed by atoms with E-state index in [0.717, 1.165) is 0 Å². The van der Waals surface area contributed by atoms with Gasteiger partial charge in [0, 0.05) is 6.10 Å². The van der Waals surface area contributed by atoms with Crippen molar-refractivity contribution < 1.29 is 30.3 Å². The number of aliphatic hydroxyl groups excluding tert-OH is 2. The molecule has 6 heteroatoms. The van der Waals surface area contributed by atoms with Gasteiger partial charge in [0.25, 0.3) is 0 Å². The third-order valence-corrected chi connectivity index (χ3v) is 0.779. The SMILES string of the molecule is O=C([O-])[C@@H](O)[C@H](O)[CH-][OH+][O-]. The summed E-state index contributed by atoms with van der Waals surface area (Å²) in [5.41, 5.74) is 0. The number of hydrogen-bond acceptors (Lipinski definition) is 5. The Morgan fingerprint density at radius 1 is 1.60 bits per heavy atom. The molecule has 10 heavy (non-hydrogen) atoms. The molecule has 0 unspecified atom stereocenters. The van der Waals surface area contributed by atoms with Gasteiger partial charge in [-0.15, -0.1) is 0 Å². The highest BCUT2D eigenvalue weighted by Gasteiger charge is 2.11. The second kappa shape index (κ2) is 4.18. The Labute approximate surface area is 56.2 Å².